The van der Waals surface area contributed by atoms with Crippen LogP contribution in [0.15, 0.2) is 18.2 Å². The molecule has 15 heavy (non-hydrogen) atoms. The number of aliphatic hydroxyl groups is 1. The van der Waals surface area contributed by atoms with Crippen molar-refractivity contribution < 1.29 is 5.11 Å². The lowest BCUT2D eigenvalue weighted by atomic mass is 9.94. The molecule has 1 aliphatic carbocycles. The van der Waals surface area contributed by atoms with Crippen molar-refractivity contribution in [3.05, 3.63) is 34.9 Å². The number of hydrogen-bond acceptors (Lipinski definition) is 1. The molecule has 0 saturated heterocycles. The molecule has 1 unspecified atom stereocenters. The first-order valence-electron chi connectivity index (χ1n) is 5.75. The predicted molar refractivity (Wildman–Crippen MR) is 63.0 cm³/mol. The Kier molecular flexibility index (Phi) is 2.59. The summed E-state index contributed by atoms with van der Waals surface area (Å²) in [5.41, 5.74) is 4.06. The summed E-state index contributed by atoms with van der Waals surface area (Å²) >= 11 is 0. The van der Waals surface area contributed by atoms with E-state index in [1.165, 1.54) is 29.5 Å². The second kappa shape index (κ2) is 3.64. The molecule has 1 atom stereocenters. The van der Waals surface area contributed by atoms with Crippen LogP contribution in [0.1, 0.15) is 36.5 Å². The molecule has 0 aliphatic heterocycles. The normalized spacial score (nSPS) is 20.0. The van der Waals surface area contributed by atoms with Gasteiger partial charge in [0.15, 0.2) is 0 Å². The van der Waals surface area contributed by atoms with Gasteiger partial charge >= 0.3 is 0 Å². The van der Waals surface area contributed by atoms with E-state index < -0.39 is 0 Å². The summed E-state index contributed by atoms with van der Waals surface area (Å²) in [5, 5.41) is 10.1. The monoisotopic (exact) mass is 204 g/mol. The van der Waals surface area contributed by atoms with Crippen LogP contribution in [-0.2, 0) is 6.42 Å². The Labute approximate surface area is 92.1 Å². The highest BCUT2D eigenvalue weighted by Crippen LogP contribution is 2.48. The third kappa shape index (κ3) is 2.40. The van der Waals surface area contributed by atoms with Crippen molar-refractivity contribution in [2.24, 2.45) is 5.41 Å². The van der Waals surface area contributed by atoms with E-state index in [-0.39, 0.29) is 11.5 Å². The zero-order valence-electron chi connectivity index (χ0n) is 9.88. The Morgan fingerprint density at radius 3 is 2.20 bits per heavy atom. The fraction of sp³-hybridized carbons (Fsp3) is 0.571. The van der Waals surface area contributed by atoms with Gasteiger partial charge in [0.25, 0.3) is 0 Å². The van der Waals surface area contributed by atoms with Crippen molar-refractivity contribution in [2.75, 3.05) is 0 Å². The van der Waals surface area contributed by atoms with E-state index in [0.29, 0.717) is 0 Å². The number of rotatable bonds is 3. The average molecular weight is 204 g/mol. The molecule has 0 amide bonds. The molecule has 82 valence electrons. The molecule has 1 heteroatoms. The molecule has 1 N–H and O–H groups in total. The number of aryl methyl sites for hydroxylation is 2. The van der Waals surface area contributed by atoms with Gasteiger partial charge in [0, 0.05) is 0 Å². The van der Waals surface area contributed by atoms with Crippen molar-refractivity contribution in [1.29, 1.82) is 0 Å². The van der Waals surface area contributed by atoms with Crippen LogP contribution in [0.3, 0.4) is 0 Å². The SMILES string of the molecule is Cc1cc(C)cc(CC(O)C2(C)CC2)c1. The van der Waals surface area contributed by atoms with E-state index in [4.69, 9.17) is 0 Å². The fourth-order valence-corrected chi connectivity index (χ4v) is 2.19. The van der Waals surface area contributed by atoms with E-state index in [0.717, 1.165) is 6.42 Å². The predicted octanol–water partition coefficient (Wildman–Crippen LogP) is 3.01. The molecule has 1 saturated carbocycles. The summed E-state index contributed by atoms with van der Waals surface area (Å²) in [6.45, 7) is 6.41. The van der Waals surface area contributed by atoms with E-state index in [2.05, 4.69) is 39.0 Å². The first kappa shape index (κ1) is 10.7. The van der Waals surface area contributed by atoms with Crippen molar-refractivity contribution in [2.45, 2.75) is 46.1 Å². The lowest BCUT2D eigenvalue weighted by Crippen LogP contribution is -2.21. The van der Waals surface area contributed by atoms with Crippen LogP contribution in [0, 0.1) is 19.3 Å². The first-order valence-corrected chi connectivity index (χ1v) is 5.75. The summed E-state index contributed by atoms with van der Waals surface area (Å²) in [4.78, 5) is 0. The molecule has 0 spiro atoms. The van der Waals surface area contributed by atoms with Gasteiger partial charge in [-0.3, -0.25) is 0 Å². The largest absolute Gasteiger partial charge is 0.392 e. The minimum absolute atomic E-state index is 0.168. The molecule has 1 aliphatic rings. The molecule has 2 rings (SSSR count). The Bertz CT molecular complexity index is 343. The molecular formula is C14H20O. The van der Waals surface area contributed by atoms with Gasteiger partial charge in [-0.25, -0.2) is 0 Å². The minimum atomic E-state index is -0.168. The molecule has 1 nitrogen and oxygen atoms in total. The van der Waals surface area contributed by atoms with Crippen LogP contribution in [0.4, 0.5) is 0 Å². The topological polar surface area (TPSA) is 20.2 Å². The van der Waals surface area contributed by atoms with E-state index >= 15 is 0 Å². The van der Waals surface area contributed by atoms with Crippen molar-refractivity contribution in [3.63, 3.8) is 0 Å². The zero-order valence-corrected chi connectivity index (χ0v) is 9.88. The summed E-state index contributed by atoms with van der Waals surface area (Å²) < 4.78 is 0. The quantitative estimate of drug-likeness (QED) is 0.802. The molecule has 0 aromatic heterocycles. The fourth-order valence-electron chi connectivity index (χ4n) is 2.19. The maximum Gasteiger partial charge on any atom is 0.0634 e. The third-order valence-corrected chi connectivity index (χ3v) is 3.55. The Morgan fingerprint density at radius 2 is 1.73 bits per heavy atom. The summed E-state index contributed by atoms with van der Waals surface area (Å²) in [5.74, 6) is 0. The van der Waals surface area contributed by atoms with E-state index in [9.17, 15) is 5.11 Å². The molecule has 1 fully saturated rings. The number of hydrogen-bond donors (Lipinski definition) is 1. The van der Waals surface area contributed by atoms with Gasteiger partial charge in [-0.15, -0.1) is 0 Å². The van der Waals surface area contributed by atoms with Gasteiger partial charge in [-0.05, 0) is 44.1 Å². The molecule has 1 aromatic carbocycles. The maximum atomic E-state index is 10.1. The van der Waals surface area contributed by atoms with Crippen LogP contribution in [-0.4, -0.2) is 11.2 Å². The molecule has 0 bridgehead atoms. The lowest BCUT2D eigenvalue weighted by molar-refractivity contribution is 0.103. The zero-order chi connectivity index (χ0) is 11.1. The van der Waals surface area contributed by atoms with Gasteiger partial charge in [0.2, 0.25) is 0 Å². The van der Waals surface area contributed by atoms with Gasteiger partial charge in [-0.2, -0.15) is 0 Å². The molecular weight excluding hydrogens is 184 g/mol. The standard InChI is InChI=1S/C14H20O/c1-10-6-11(2)8-12(7-10)9-13(15)14(3)4-5-14/h6-8,13,15H,4-5,9H2,1-3H3. The van der Waals surface area contributed by atoms with Crippen molar-refractivity contribution >= 4 is 0 Å². The smallest absolute Gasteiger partial charge is 0.0634 e. The average Bonchev–Trinajstić information content (AvgIpc) is 2.83. The van der Waals surface area contributed by atoms with E-state index in [1.54, 1.807) is 0 Å². The maximum absolute atomic E-state index is 10.1. The summed E-state index contributed by atoms with van der Waals surface area (Å²) in [6.07, 6.45) is 3.00. The molecule has 0 heterocycles. The van der Waals surface area contributed by atoms with Gasteiger partial charge < -0.3 is 5.11 Å². The Balaban J connectivity index is 2.10. The van der Waals surface area contributed by atoms with Crippen LogP contribution >= 0.6 is 0 Å². The molecule has 0 radical (unpaired) electrons. The Morgan fingerprint density at radius 1 is 1.20 bits per heavy atom. The number of benzene rings is 1. The lowest BCUT2D eigenvalue weighted by Gasteiger charge is -2.18. The summed E-state index contributed by atoms with van der Waals surface area (Å²) in [6, 6.07) is 6.54. The number of aliphatic hydroxyl groups excluding tert-OH is 1. The van der Waals surface area contributed by atoms with Gasteiger partial charge in [0.05, 0.1) is 6.10 Å². The highest BCUT2D eigenvalue weighted by molar-refractivity contribution is 5.29. The van der Waals surface area contributed by atoms with Gasteiger partial charge in [-0.1, -0.05) is 36.2 Å². The Hall–Kier alpha value is -0.820. The van der Waals surface area contributed by atoms with Crippen molar-refractivity contribution in [1.82, 2.24) is 0 Å². The van der Waals surface area contributed by atoms with Crippen LogP contribution in [0.5, 0.6) is 0 Å². The van der Waals surface area contributed by atoms with Gasteiger partial charge in [0.1, 0.15) is 0 Å². The van der Waals surface area contributed by atoms with E-state index in [1.807, 2.05) is 0 Å². The van der Waals surface area contributed by atoms with Crippen molar-refractivity contribution in [3.8, 4) is 0 Å². The van der Waals surface area contributed by atoms with Crippen LogP contribution in [0.25, 0.3) is 0 Å². The minimum Gasteiger partial charge on any atom is -0.392 e. The highest BCUT2D eigenvalue weighted by Gasteiger charge is 2.43. The van der Waals surface area contributed by atoms with Crippen LogP contribution in [0.2, 0.25) is 0 Å². The molecule has 1 aromatic rings. The third-order valence-electron chi connectivity index (χ3n) is 3.55. The second-order valence-corrected chi connectivity index (χ2v) is 5.37. The highest BCUT2D eigenvalue weighted by atomic mass is 16.3. The summed E-state index contributed by atoms with van der Waals surface area (Å²) in [7, 11) is 0. The second-order valence-electron chi connectivity index (χ2n) is 5.37. The van der Waals surface area contributed by atoms with Crippen LogP contribution < -0.4 is 0 Å². The first-order chi connectivity index (χ1) is 6.99.